The molecule has 0 atom stereocenters. The van der Waals surface area contributed by atoms with Gasteiger partial charge in [-0.3, -0.25) is 0 Å². The molecular weight excluding hydrogens is 361 g/mol. The molecule has 1 saturated heterocycles. The maximum absolute atomic E-state index is 2.95. The van der Waals surface area contributed by atoms with Gasteiger partial charge in [0.05, 0.1) is 0 Å². The number of rotatable bonds is 3. The SMILES string of the molecule is CC(C)CC[Si]1(C)[Si](C)(C)[Si](C)(C)[Si](C)(C)[Si](C)(C)[Si]1(C)C. The second-order valence-electron chi connectivity index (χ2n) is 11.4. The molecule has 1 rings (SSSR count). The van der Waals surface area contributed by atoms with E-state index in [0.29, 0.717) is 0 Å². The highest BCUT2D eigenvalue weighted by Gasteiger charge is 2.76. The molecule has 0 saturated carbocycles. The van der Waals surface area contributed by atoms with Gasteiger partial charge in [-0.2, -0.15) is 0 Å². The van der Waals surface area contributed by atoms with Crippen molar-refractivity contribution in [1.29, 1.82) is 0 Å². The smallest absolute Gasteiger partial charge is 0.0337 e. The Kier molecular flexibility index (Phi) is 5.49. The predicted molar refractivity (Wildman–Crippen MR) is 123 cm³/mol. The topological polar surface area (TPSA) is 0 Å². The molecular formula is C16H44Si6. The summed E-state index contributed by atoms with van der Waals surface area (Å²) < 4.78 is 0. The molecule has 0 amide bonds. The van der Waals surface area contributed by atoms with Gasteiger partial charge in [-0.05, 0) is 5.92 Å². The zero-order valence-corrected chi connectivity index (χ0v) is 24.0. The second-order valence-corrected chi connectivity index (χ2v) is 83.9. The zero-order chi connectivity index (χ0) is 18.0. The third kappa shape index (κ3) is 2.34. The fourth-order valence-electron chi connectivity index (χ4n) is 5.71. The van der Waals surface area contributed by atoms with E-state index in [1.165, 1.54) is 6.42 Å². The highest BCUT2D eigenvalue weighted by molar-refractivity contribution is 8.13. The first kappa shape index (κ1) is 21.3. The summed E-state index contributed by atoms with van der Waals surface area (Å²) in [7, 11) is -6.31. The third-order valence-electron chi connectivity index (χ3n) is 10.2. The average molecular weight is 405 g/mol. The van der Waals surface area contributed by atoms with Crippen molar-refractivity contribution in [3.8, 4) is 0 Å². The molecule has 6 heteroatoms. The van der Waals surface area contributed by atoms with Crippen molar-refractivity contribution in [2.45, 2.75) is 98.3 Å². The van der Waals surface area contributed by atoms with Crippen molar-refractivity contribution < 1.29 is 0 Å². The van der Waals surface area contributed by atoms with Crippen molar-refractivity contribution in [3.63, 3.8) is 0 Å². The normalized spacial score (nSPS) is 30.3. The van der Waals surface area contributed by atoms with Crippen molar-refractivity contribution in [1.82, 2.24) is 0 Å². The van der Waals surface area contributed by atoms with Crippen molar-refractivity contribution in [2.75, 3.05) is 0 Å². The first-order valence-electron chi connectivity index (χ1n) is 9.42. The van der Waals surface area contributed by atoms with Crippen molar-refractivity contribution in [3.05, 3.63) is 0 Å². The fraction of sp³-hybridized carbons (Fsp3) is 1.00. The molecule has 132 valence electrons. The van der Waals surface area contributed by atoms with E-state index in [-0.39, 0.29) is 0 Å². The molecule has 0 N–H and O–H groups in total. The minimum Gasteiger partial charge on any atom is -0.0735 e. The van der Waals surface area contributed by atoms with Crippen LogP contribution in [0.5, 0.6) is 0 Å². The van der Waals surface area contributed by atoms with E-state index in [4.69, 9.17) is 0 Å². The minimum absolute atomic E-state index is 0.903. The third-order valence-corrected chi connectivity index (χ3v) is 165. The van der Waals surface area contributed by atoms with Crippen molar-refractivity contribution in [2.24, 2.45) is 5.92 Å². The summed E-state index contributed by atoms with van der Waals surface area (Å²) in [6.07, 6.45) is 1.52. The summed E-state index contributed by atoms with van der Waals surface area (Å²) >= 11 is 0. The van der Waals surface area contributed by atoms with E-state index < -0.39 is 42.7 Å². The van der Waals surface area contributed by atoms with Crippen LogP contribution in [0.2, 0.25) is 78.1 Å². The molecule has 0 spiro atoms. The van der Waals surface area contributed by atoms with Gasteiger partial charge in [-0.1, -0.05) is 98.3 Å². The largest absolute Gasteiger partial charge is 0.0735 e. The molecule has 1 aliphatic heterocycles. The Balaban J connectivity index is 3.62. The second kappa shape index (κ2) is 5.66. The van der Waals surface area contributed by atoms with E-state index in [0.717, 1.165) is 5.92 Å². The first-order chi connectivity index (χ1) is 9.42. The summed E-state index contributed by atoms with van der Waals surface area (Å²) in [6, 6.07) is 1.68. The van der Waals surface area contributed by atoms with Crippen molar-refractivity contribution >= 4 is 42.7 Å². The molecule has 0 aliphatic carbocycles. The predicted octanol–water partition coefficient (Wildman–Crippen LogP) is 6.14. The monoisotopic (exact) mass is 404 g/mol. The van der Waals surface area contributed by atoms with Crippen LogP contribution in [-0.4, -0.2) is 42.7 Å². The summed E-state index contributed by atoms with van der Waals surface area (Å²) in [5, 5.41) is 0. The molecule has 0 nitrogen and oxygen atoms in total. The summed E-state index contributed by atoms with van der Waals surface area (Å²) in [4.78, 5) is 0. The lowest BCUT2D eigenvalue weighted by Crippen LogP contribution is -3.01. The maximum Gasteiger partial charge on any atom is 0.0337 e. The van der Waals surface area contributed by atoms with Crippen LogP contribution in [0.25, 0.3) is 0 Å². The van der Waals surface area contributed by atoms with E-state index in [1.807, 2.05) is 0 Å². The molecule has 0 aromatic carbocycles. The van der Waals surface area contributed by atoms with Gasteiger partial charge in [0, 0.05) is 42.7 Å². The number of hydrogen-bond acceptors (Lipinski definition) is 0. The highest BCUT2D eigenvalue weighted by Crippen LogP contribution is 2.53. The Morgan fingerprint density at radius 2 is 0.773 bits per heavy atom. The quantitative estimate of drug-likeness (QED) is 0.496. The van der Waals surface area contributed by atoms with Gasteiger partial charge in [-0.25, -0.2) is 0 Å². The lowest BCUT2D eigenvalue weighted by atomic mass is 10.2. The standard InChI is InChI=1S/C16H44Si6/c1-16(2)14-15-22(13)20(9,10)18(5,6)17(3,4)19(7,8)21(22,11)12/h16H,14-15H2,1-13H3. The Morgan fingerprint density at radius 1 is 0.500 bits per heavy atom. The van der Waals surface area contributed by atoms with Crippen LogP contribution in [0.3, 0.4) is 0 Å². The van der Waals surface area contributed by atoms with Gasteiger partial charge in [0.1, 0.15) is 0 Å². The van der Waals surface area contributed by atoms with E-state index >= 15 is 0 Å². The highest BCUT2D eigenvalue weighted by atomic mass is 30.2. The van der Waals surface area contributed by atoms with Crippen LogP contribution < -0.4 is 0 Å². The van der Waals surface area contributed by atoms with Crippen LogP contribution in [-0.2, 0) is 0 Å². The Bertz CT molecular complexity index is 404. The molecule has 1 aliphatic rings. The summed E-state index contributed by atoms with van der Waals surface area (Å²) in [6.45, 7) is 36.7. The molecule has 1 fully saturated rings. The first-order valence-corrected chi connectivity index (χ1v) is 33.1. The molecule has 0 bridgehead atoms. The lowest BCUT2D eigenvalue weighted by Gasteiger charge is -2.73. The summed E-state index contributed by atoms with van der Waals surface area (Å²) in [5.41, 5.74) is 0. The van der Waals surface area contributed by atoms with Crippen LogP contribution in [0.1, 0.15) is 20.3 Å². The molecule has 0 aromatic heterocycles. The molecule has 1 heterocycles. The Hall–Kier alpha value is 1.30. The van der Waals surface area contributed by atoms with Gasteiger partial charge in [0.2, 0.25) is 0 Å². The van der Waals surface area contributed by atoms with Gasteiger partial charge < -0.3 is 0 Å². The van der Waals surface area contributed by atoms with E-state index in [1.54, 1.807) is 6.04 Å². The molecule has 0 unspecified atom stereocenters. The van der Waals surface area contributed by atoms with Crippen LogP contribution in [0, 0.1) is 5.92 Å². The number of hydrogen-bond donors (Lipinski definition) is 0. The van der Waals surface area contributed by atoms with Gasteiger partial charge >= 0.3 is 0 Å². The molecule has 0 radical (unpaired) electrons. The fourth-order valence-corrected chi connectivity index (χ4v) is 252. The van der Waals surface area contributed by atoms with E-state index in [2.05, 4.69) is 85.9 Å². The lowest BCUT2D eigenvalue weighted by molar-refractivity contribution is 0.622. The Labute approximate surface area is 146 Å². The van der Waals surface area contributed by atoms with Gasteiger partial charge in [0.15, 0.2) is 0 Å². The molecule has 0 aromatic rings. The summed E-state index contributed by atoms with van der Waals surface area (Å²) in [5.74, 6) is 0.903. The van der Waals surface area contributed by atoms with Gasteiger partial charge in [-0.15, -0.1) is 0 Å². The molecule has 22 heavy (non-hydrogen) atoms. The van der Waals surface area contributed by atoms with Crippen LogP contribution in [0.15, 0.2) is 0 Å². The minimum atomic E-state index is -1.08. The van der Waals surface area contributed by atoms with Crippen LogP contribution in [0.4, 0.5) is 0 Å². The van der Waals surface area contributed by atoms with E-state index in [9.17, 15) is 0 Å². The average Bonchev–Trinajstić information content (AvgIpc) is 2.33. The Morgan fingerprint density at radius 3 is 1.05 bits per heavy atom. The zero-order valence-electron chi connectivity index (χ0n) is 18.0. The van der Waals surface area contributed by atoms with Gasteiger partial charge in [0.25, 0.3) is 0 Å². The maximum atomic E-state index is 2.95. The van der Waals surface area contributed by atoms with Crippen LogP contribution >= 0.6 is 0 Å².